The third-order valence-corrected chi connectivity index (χ3v) is 2.68. The van der Waals surface area contributed by atoms with E-state index in [-0.39, 0.29) is 12.6 Å². The second-order valence-electron chi connectivity index (χ2n) is 2.52. The van der Waals surface area contributed by atoms with E-state index in [1.807, 2.05) is 7.05 Å². The van der Waals surface area contributed by atoms with E-state index in [0.717, 1.165) is 10.8 Å². The van der Waals surface area contributed by atoms with Crippen molar-refractivity contribution in [2.75, 3.05) is 19.4 Å². The van der Waals surface area contributed by atoms with Crippen molar-refractivity contribution in [2.24, 2.45) is 0 Å². The van der Waals surface area contributed by atoms with Crippen LogP contribution in [0, 0.1) is 0 Å². The van der Waals surface area contributed by atoms with Gasteiger partial charge in [0.05, 0.1) is 12.8 Å². The molecule has 0 spiro atoms. The van der Waals surface area contributed by atoms with Crippen molar-refractivity contribution in [1.29, 1.82) is 0 Å². The smallest absolute Gasteiger partial charge is 0.114 e. The Morgan fingerprint density at radius 3 is 3.00 bits per heavy atom. The van der Waals surface area contributed by atoms with Crippen molar-refractivity contribution >= 4 is 11.8 Å². The first kappa shape index (κ1) is 10.4. The van der Waals surface area contributed by atoms with Gasteiger partial charge in [-0.05, 0) is 7.05 Å². The molecular formula is C8H13N3OS. The molecule has 0 saturated heterocycles. The molecule has 13 heavy (non-hydrogen) atoms. The van der Waals surface area contributed by atoms with Crippen LogP contribution in [0.3, 0.4) is 0 Å². The molecule has 1 aromatic heterocycles. The summed E-state index contributed by atoms with van der Waals surface area (Å²) < 4.78 is 0. The maximum atomic E-state index is 8.89. The van der Waals surface area contributed by atoms with Gasteiger partial charge in [0, 0.05) is 24.2 Å². The van der Waals surface area contributed by atoms with Crippen LogP contribution in [-0.2, 0) is 0 Å². The quantitative estimate of drug-likeness (QED) is 0.661. The largest absolute Gasteiger partial charge is 0.395 e. The van der Waals surface area contributed by atoms with Crippen molar-refractivity contribution in [3.8, 4) is 0 Å². The van der Waals surface area contributed by atoms with E-state index >= 15 is 0 Å². The van der Waals surface area contributed by atoms with Crippen LogP contribution in [0.4, 0.5) is 0 Å². The third-order valence-electron chi connectivity index (χ3n) is 1.60. The number of thioether (sulfide) groups is 1. The summed E-state index contributed by atoms with van der Waals surface area (Å²) in [6.45, 7) is 0.143. The van der Waals surface area contributed by atoms with Crippen LogP contribution in [0.5, 0.6) is 0 Å². The van der Waals surface area contributed by atoms with E-state index in [1.54, 1.807) is 30.4 Å². The third kappa shape index (κ3) is 3.71. The van der Waals surface area contributed by atoms with Gasteiger partial charge in [-0.3, -0.25) is 4.98 Å². The first-order valence-electron chi connectivity index (χ1n) is 4.03. The summed E-state index contributed by atoms with van der Waals surface area (Å²) >= 11 is 1.58. The molecule has 1 atom stereocenters. The molecule has 1 rings (SSSR count). The van der Waals surface area contributed by atoms with Gasteiger partial charge in [0.2, 0.25) is 0 Å². The van der Waals surface area contributed by atoms with E-state index in [0.29, 0.717) is 0 Å². The molecule has 0 aliphatic heterocycles. The van der Waals surface area contributed by atoms with Crippen molar-refractivity contribution in [2.45, 2.75) is 11.1 Å². The van der Waals surface area contributed by atoms with Gasteiger partial charge in [-0.15, -0.1) is 11.8 Å². The fraction of sp³-hybridized carbons (Fsp3) is 0.500. The molecule has 2 N–H and O–H groups in total. The number of nitrogens with one attached hydrogen (secondary N) is 1. The van der Waals surface area contributed by atoms with E-state index in [4.69, 9.17) is 5.11 Å². The van der Waals surface area contributed by atoms with Crippen molar-refractivity contribution in [3.63, 3.8) is 0 Å². The van der Waals surface area contributed by atoms with Gasteiger partial charge in [-0.25, -0.2) is 4.98 Å². The second-order valence-corrected chi connectivity index (χ2v) is 3.56. The number of hydrogen-bond acceptors (Lipinski definition) is 5. The molecule has 0 aliphatic carbocycles. The van der Waals surface area contributed by atoms with Crippen molar-refractivity contribution in [1.82, 2.24) is 15.3 Å². The molecule has 4 nitrogen and oxygen atoms in total. The first-order valence-corrected chi connectivity index (χ1v) is 5.02. The van der Waals surface area contributed by atoms with E-state index < -0.39 is 0 Å². The zero-order valence-electron chi connectivity index (χ0n) is 7.47. The minimum atomic E-state index is 0.118. The molecule has 1 unspecified atom stereocenters. The molecule has 0 amide bonds. The lowest BCUT2D eigenvalue weighted by Gasteiger charge is -2.11. The summed E-state index contributed by atoms with van der Waals surface area (Å²) in [5.74, 6) is 0.797. The van der Waals surface area contributed by atoms with Gasteiger partial charge < -0.3 is 10.4 Å². The van der Waals surface area contributed by atoms with Gasteiger partial charge in [0.25, 0.3) is 0 Å². The Bertz CT molecular complexity index is 228. The minimum Gasteiger partial charge on any atom is -0.395 e. The van der Waals surface area contributed by atoms with Gasteiger partial charge in [-0.1, -0.05) is 0 Å². The predicted molar refractivity (Wildman–Crippen MR) is 52.7 cm³/mol. The lowest BCUT2D eigenvalue weighted by atomic mass is 10.4. The maximum absolute atomic E-state index is 8.89. The Hall–Kier alpha value is -0.650. The molecule has 0 bridgehead atoms. The van der Waals surface area contributed by atoms with Crippen LogP contribution in [0.2, 0.25) is 0 Å². The maximum Gasteiger partial charge on any atom is 0.114 e. The average molecular weight is 199 g/mol. The Balaban J connectivity index is 2.34. The predicted octanol–water partition coefficient (Wildman–Crippen LogP) is 0.149. The van der Waals surface area contributed by atoms with Crippen LogP contribution in [0.1, 0.15) is 0 Å². The van der Waals surface area contributed by atoms with Crippen LogP contribution in [0.25, 0.3) is 0 Å². The number of likely N-dealkylation sites (N-methyl/N-ethyl adjacent to an activating group) is 1. The summed E-state index contributed by atoms with van der Waals surface area (Å²) in [6, 6.07) is 0.118. The van der Waals surface area contributed by atoms with E-state index in [9.17, 15) is 0 Å². The van der Waals surface area contributed by atoms with Gasteiger partial charge in [-0.2, -0.15) is 0 Å². The fourth-order valence-electron chi connectivity index (χ4n) is 0.773. The molecule has 0 radical (unpaired) electrons. The fourth-order valence-corrected chi connectivity index (χ4v) is 1.69. The highest BCUT2D eigenvalue weighted by molar-refractivity contribution is 7.99. The SMILES string of the molecule is CNC(CO)CSc1cnccn1. The number of nitrogens with zero attached hydrogens (tertiary/aromatic N) is 2. The zero-order valence-corrected chi connectivity index (χ0v) is 8.29. The molecule has 5 heteroatoms. The van der Waals surface area contributed by atoms with Gasteiger partial charge in [0.1, 0.15) is 5.03 Å². The molecule has 0 aromatic carbocycles. The zero-order chi connectivity index (χ0) is 9.52. The van der Waals surface area contributed by atoms with Crippen LogP contribution in [-0.4, -0.2) is 40.5 Å². The summed E-state index contributed by atoms with van der Waals surface area (Å²) in [7, 11) is 1.83. The van der Waals surface area contributed by atoms with Crippen LogP contribution in [0.15, 0.2) is 23.6 Å². The Morgan fingerprint density at radius 2 is 2.46 bits per heavy atom. The highest BCUT2D eigenvalue weighted by atomic mass is 32.2. The number of aliphatic hydroxyl groups excluding tert-OH is 1. The molecule has 0 aliphatic rings. The van der Waals surface area contributed by atoms with E-state index in [2.05, 4.69) is 15.3 Å². The number of hydrogen-bond donors (Lipinski definition) is 2. The molecule has 72 valence electrons. The Labute approximate surface area is 81.8 Å². The highest BCUT2D eigenvalue weighted by Crippen LogP contribution is 2.13. The lowest BCUT2D eigenvalue weighted by molar-refractivity contribution is 0.260. The van der Waals surface area contributed by atoms with Gasteiger partial charge >= 0.3 is 0 Å². The number of rotatable bonds is 5. The highest BCUT2D eigenvalue weighted by Gasteiger charge is 2.04. The normalized spacial score (nSPS) is 12.8. The standard InChI is InChI=1S/C8H13N3OS/c1-9-7(5-12)6-13-8-4-10-2-3-11-8/h2-4,7,9,12H,5-6H2,1H3. The summed E-state index contributed by atoms with van der Waals surface area (Å²) in [6.07, 6.45) is 5.02. The molecule has 1 aromatic rings. The second kappa shape index (κ2) is 5.90. The summed E-state index contributed by atoms with van der Waals surface area (Å²) in [5, 5.41) is 12.8. The molecule has 0 saturated carbocycles. The lowest BCUT2D eigenvalue weighted by Crippen LogP contribution is -2.31. The monoisotopic (exact) mass is 199 g/mol. The first-order chi connectivity index (χ1) is 6.36. The number of aromatic nitrogens is 2. The van der Waals surface area contributed by atoms with Crippen molar-refractivity contribution in [3.05, 3.63) is 18.6 Å². The molecular weight excluding hydrogens is 186 g/mol. The molecule has 1 heterocycles. The van der Waals surface area contributed by atoms with E-state index in [1.165, 1.54) is 0 Å². The molecule has 0 fully saturated rings. The van der Waals surface area contributed by atoms with Gasteiger partial charge in [0.15, 0.2) is 0 Å². The minimum absolute atomic E-state index is 0.118. The number of aliphatic hydroxyl groups is 1. The Kier molecular flexibility index (Phi) is 4.74. The Morgan fingerprint density at radius 1 is 1.62 bits per heavy atom. The van der Waals surface area contributed by atoms with Crippen LogP contribution < -0.4 is 5.32 Å². The topological polar surface area (TPSA) is 58.0 Å². The van der Waals surface area contributed by atoms with Crippen LogP contribution >= 0.6 is 11.8 Å². The van der Waals surface area contributed by atoms with Crippen molar-refractivity contribution < 1.29 is 5.11 Å². The summed E-state index contributed by atoms with van der Waals surface area (Å²) in [4.78, 5) is 8.06. The average Bonchev–Trinajstić information content (AvgIpc) is 2.21. The summed E-state index contributed by atoms with van der Waals surface area (Å²) in [5.41, 5.74) is 0.